The van der Waals surface area contributed by atoms with Crippen molar-refractivity contribution >= 4 is 16.7 Å². The molecule has 3 N–H and O–H groups in total. The molecule has 0 spiro atoms. The fraction of sp³-hybridized carbons (Fsp3) is 0.375. The van der Waals surface area contributed by atoms with Gasteiger partial charge >= 0.3 is 0 Å². The number of aliphatic hydroxyl groups is 1. The largest absolute Gasteiger partial charge is 0.386 e. The summed E-state index contributed by atoms with van der Waals surface area (Å²) in [6.07, 6.45) is 4.29. The highest BCUT2D eigenvalue weighted by Gasteiger charge is 2.30. The number of pyridine rings is 1. The van der Waals surface area contributed by atoms with Crippen LogP contribution in [0.5, 0.6) is 0 Å². The van der Waals surface area contributed by atoms with Gasteiger partial charge in [-0.2, -0.15) is 0 Å². The summed E-state index contributed by atoms with van der Waals surface area (Å²) in [5.41, 5.74) is 6.60. The van der Waals surface area contributed by atoms with Crippen LogP contribution in [0.4, 0.5) is 0 Å². The van der Waals surface area contributed by atoms with Gasteiger partial charge in [-0.3, -0.25) is 9.78 Å². The van der Waals surface area contributed by atoms with Crippen LogP contribution in [0, 0.1) is 0 Å². The Bertz CT molecular complexity index is 648. The molecule has 2 atom stereocenters. The molecule has 0 radical (unpaired) electrons. The molecule has 21 heavy (non-hydrogen) atoms. The van der Waals surface area contributed by atoms with Crippen molar-refractivity contribution in [3.63, 3.8) is 0 Å². The van der Waals surface area contributed by atoms with Gasteiger partial charge in [0.25, 0.3) is 0 Å². The Kier molecular flexibility index (Phi) is 3.86. The molecule has 2 unspecified atom stereocenters. The van der Waals surface area contributed by atoms with Gasteiger partial charge in [0, 0.05) is 36.4 Å². The predicted octanol–water partition coefficient (Wildman–Crippen LogP) is 1.22. The molecule has 1 saturated heterocycles. The van der Waals surface area contributed by atoms with Crippen molar-refractivity contribution in [1.82, 2.24) is 9.88 Å². The van der Waals surface area contributed by atoms with E-state index >= 15 is 0 Å². The van der Waals surface area contributed by atoms with Crippen molar-refractivity contribution in [2.45, 2.75) is 25.0 Å². The molecule has 0 bridgehead atoms. The Morgan fingerprint density at radius 3 is 2.71 bits per heavy atom. The van der Waals surface area contributed by atoms with E-state index in [9.17, 15) is 9.90 Å². The molecular weight excluding hydrogens is 266 g/mol. The maximum atomic E-state index is 12.3. The number of nitrogens with two attached hydrogens (primary N) is 1. The fourth-order valence-electron chi connectivity index (χ4n) is 2.85. The normalized spacial score (nSPS) is 17.9. The lowest BCUT2D eigenvalue weighted by atomic mass is 9.98. The number of rotatable bonds is 3. The zero-order chi connectivity index (χ0) is 14.8. The van der Waals surface area contributed by atoms with E-state index in [-0.39, 0.29) is 5.91 Å². The molecule has 2 aromatic rings. The first kappa shape index (κ1) is 14.0. The number of nitrogens with zero attached hydrogens (tertiary/aromatic N) is 2. The van der Waals surface area contributed by atoms with Crippen molar-refractivity contribution in [3.05, 3.63) is 42.2 Å². The number of hydrogen-bond donors (Lipinski definition) is 2. The molecule has 0 aliphatic carbocycles. The van der Waals surface area contributed by atoms with Crippen molar-refractivity contribution in [3.8, 4) is 0 Å². The fourth-order valence-corrected chi connectivity index (χ4v) is 2.85. The van der Waals surface area contributed by atoms with Crippen LogP contribution in [0.15, 0.2) is 36.7 Å². The summed E-state index contributed by atoms with van der Waals surface area (Å²) >= 11 is 0. The minimum atomic E-state index is -1.04. The average Bonchev–Trinajstić information content (AvgIpc) is 3.06. The molecule has 2 heterocycles. The first-order valence-corrected chi connectivity index (χ1v) is 7.23. The van der Waals surface area contributed by atoms with E-state index in [1.807, 2.05) is 24.3 Å². The average molecular weight is 285 g/mol. The minimum absolute atomic E-state index is 0.187. The third kappa shape index (κ3) is 2.62. The maximum Gasteiger partial charge on any atom is 0.242 e. The second-order valence-corrected chi connectivity index (χ2v) is 5.45. The number of aliphatic hydroxyl groups excluding tert-OH is 1. The van der Waals surface area contributed by atoms with Crippen molar-refractivity contribution < 1.29 is 9.90 Å². The van der Waals surface area contributed by atoms with Gasteiger partial charge in [-0.1, -0.05) is 24.3 Å². The highest BCUT2D eigenvalue weighted by atomic mass is 16.3. The number of hydrogen-bond acceptors (Lipinski definition) is 4. The summed E-state index contributed by atoms with van der Waals surface area (Å²) in [6.45, 7) is 1.46. The number of carbonyl (C=O) groups is 1. The SMILES string of the molecule is NC(C(=O)N1CCCC1)C(O)c1cncc2ccccc12. The van der Waals surface area contributed by atoms with Gasteiger partial charge in [-0.15, -0.1) is 0 Å². The Labute approximate surface area is 123 Å². The molecule has 5 nitrogen and oxygen atoms in total. The zero-order valence-corrected chi connectivity index (χ0v) is 11.8. The van der Waals surface area contributed by atoms with Gasteiger partial charge in [0.1, 0.15) is 12.1 Å². The standard InChI is InChI=1S/C16H19N3O2/c17-14(16(21)19-7-3-4-8-19)15(20)13-10-18-9-11-5-1-2-6-12(11)13/h1-2,5-6,9-10,14-15,20H,3-4,7-8,17H2. The lowest BCUT2D eigenvalue weighted by molar-refractivity contribution is -0.134. The zero-order valence-electron chi connectivity index (χ0n) is 11.8. The van der Waals surface area contributed by atoms with E-state index in [0.717, 1.165) is 36.7 Å². The van der Waals surface area contributed by atoms with E-state index < -0.39 is 12.1 Å². The molecule has 1 aliphatic rings. The van der Waals surface area contributed by atoms with Crippen LogP contribution in [-0.4, -0.2) is 40.0 Å². The second kappa shape index (κ2) is 5.79. The van der Waals surface area contributed by atoms with Gasteiger partial charge in [0.15, 0.2) is 0 Å². The highest BCUT2D eigenvalue weighted by Crippen LogP contribution is 2.25. The number of carbonyl (C=O) groups excluding carboxylic acids is 1. The van der Waals surface area contributed by atoms with Crippen LogP contribution in [0.1, 0.15) is 24.5 Å². The number of likely N-dealkylation sites (tertiary alicyclic amines) is 1. The molecule has 0 saturated carbocycles. The monoisotopic (exact) mass is 285 g/mol. The lowest BCUT2D eigenvalue weighted by Crippen LogP contribution is -2.45. The second-order valence-electron chi connectivity index (χ2n) is 5.45. The van der Waals surface area contributed by atoms with Gasteiger partial charge in [0.2, 0.25) is 5.91 Å². The Morgan fingerprint density at radius 2 is 1.95 bits per heavy atom. The van der Waals surface area contributed by atoms with Crippen molar-refractivity contribution in [1.29, 1.82) is 0 Å². The Balaban J connectivity index is 1.89. The van der Waals surface area contributed by atoms with E-state index in [2.05, 4.69) is 4.98 Å². The molecule has 1 fully saturated rings. The molecular formula is C16H19N3O2. The molecule has 5 heteroatoms. The summed E-state index contributed by atoms with van der Waals surface area (Å²) in [4.78, 5) is 18.2. The van der Waals surface area contributed by atoms with Crippen LogP contribution in [0.2, 0.25) is 0 Å². The quantitative estimate of drug-likeness (QED) is 0.888. The topological polar surface area (TPSA) is 79.5 Å². The predicted molar refractivity (Wildman–Crippen MR) is 80.5 cm³/mol. The van der Waals surface area contributed by atoms with Gasteiger partial charge in [-0.05, 0) is 18.2 Å². The van der Waals surface area contributed by atoms with E-state index in [1.54, 1.807) is 17.3 Å². The number of benzene rings is 1. The third-order valence-corrected chi connectivity index (χ3v) is 4.06. The van der Waals surface area contributed by atoms with Gasteiger partial charge in [0.05, 0.1) is 0 Å². The summed E-state index contributed by atoms with van der Waals surface area (Å²) in [5, 5.41) is 12.3. The molecule has 3 rings (SSSR count). The van der Waals surface area contributed by atoms with Crippen molar-refractivity contribution in [2.75, 3.05) is 13.1 Å². The molecule has 110 valence electrons. The number of fused-ring (bicyclic) bond motifs is 1. The molecule has 1 aromatic carbocycles. The van der Waals surface area contributed by atoms with Crippen LogP contribution in [0.25, 0.3) is 10.8 Å². The van der Waals surface area contributed by atoms with Gasteiger partial charge < -0.3 is 15.7 Å². The smallest absolute Gasteiger partial charge is 0.242 e. The van der Waals surface area contributed by atoms with Crippen LogP contribution in [-0.2, 0) is 4.79 Å². The van der Waals surface area contributed by atoms with E-state index in [1.165, 1.54) is 0 Å². The maximum absolute atomic E-state index is 12.3. The first-order chi connectivity index (χ1) is 10.2. The summed E-state index contributed by atoms with van der Waals surface area (Å²) in [7, 11) is 0. The van der Waals surface area contributed by atoms with Crippen LogP contribution >= 0.6 is 0 Å². The van der Waals surface area contributed by atoms with Crippen molar-refractivity contribution in [2.24, 2.45) is 5.73 Å². The van der Waals surface area contributed by atoms with E-state index in [4.69, 9.17) is 5.73 Å². The number of amides is 1. The summed E-state index contributed by atoms with van der Waals surface area (Å²) in [5.74, 6) is -0.187. The Morgan fingerprint density at radius 1 is 1.24 bits per heavy atom. The van der Waals surface area contributed by atoms with Gasteiger partial charge in [-0.25, -0.2) is 0 Å². The third-order valence-electron chi connectivity index (χ3n) is 4.06. The Hall–Kier alpha value is -1.98. The molecule has 1 amide bonds. The van der Waals surface area contributed by atoms with Crippen LogP contribution in [0.3, 0.4) is 0 Å². The number of aromatic nitrogens is 1. The minimum Gasteiger partial charge on any atom is -0.386 e. The summed E-state index contributed by atoms with van der Waals surface area (Å²) < 4.78 is 0. The first-order valence-electron chi connectivity index (χ1n) is 7.23. The highest BCUT2D eigenvalue weighted by molar-refractivity contribution is 5.87. The summed E-state index contributed by atoms with van der Waals surface area (Å²) in [6, 6.07) is 6.69. The molecule has 1 aliphatic heterocycles. The van der Waals surface area contributed by atoms with Crippen LogP contribution < -0.4 is 5.73 Å². The van der Waals surface area contributed by atoms with E-state index in [0.29, 0.717) is 5.56 Å². The molecule has 1 aromatic heterocycles. The lowest BCUT2D eigenvalue weighted by Gasteiger charge is -2.24.